The van der Waals surface area contributed by atoms with Gasteiger partial charge in [-0.2, -0.15) is 0 Å². The number of carbonyl (C=O) groups excluding carboxylic acids is 5. The number of ether oxygens (including phenoxy) is 1. The predicted octanol–water partition coefficient (Wildman–Crippen LogP) is 2.22. The molecule has 2 aromatic rings. The number of amides is 4. The van der Waals surface area contributed by atoms with E-state index >= 15 is 0 Å². The van der Waals surface area contributed by atoms with Crippen LogP contribution in [0.3, 0.4) is 0 Å². The van der Waals surface area contributed by atoms with Gasteiger partial charge in [-0.25, -0.2) is 4.79 Å². The smallest absolute Gasteiger partial charge is 0.338 e. The highest BCUT2D eigenvalue weighted by Gasteiger charge is 2.32. The minimum Gasteiger partial charge on any atom is -0.452 e. The van der Waals surface area contributed by atoms with Crippen LogP contribution < -0.4 is 10.2 Å². The zero-order chi connectivity index (χ0) is 22.8. The van der Waals surface area contributed by atoms with Crippen molar-refractivity contribution in [2.45, 2.75) is 19.3 Å². The van der Waals surface area contributed by atoms with E-state index in [-0.39, 0.29) is 22.6 Å². The molecule has 0 bridgehead atoms. The lowest BCUT2D eigenvalue weighted by Crippen LogP contribution is -2.35. The number of piperidine rings is 1. The summed E-state index contributed by atoms with van der Waals surface area (Å²) < 4.78 is 5.06. The zero-order valence-electron chi connectivity index (χ0n) is 17.4. The number of hydrogen-bond acceptors (Lipinski definition) is 6. The van der Waals surface area contributed by atoms with Crippen LogP contribution in [-0.2, 0) is 14.3 Å². The maximum atomic E-state index is 12.3. The number of benzene rings is 2. The van der Waals surface area contributed by atoms with E-state index < -0.39 is 30.3 Å². The average Bonchev–Trinajstić information content (AvgIpc) is 3.01. The molecule has 2 aliphatic heterocycles. The highest BCUT2D eigenvalue weighted by atomic mass is 16.5. The second kappa shape index (κ2) is 8.62. The van der Waals surface area contributed by atoms with Crippen LogP contribution in [0.1, 0.15) is 50.3 Å². The maximum Gasteiger partial charge on any atom is 0.338 e. The number of esters is 1. The summed E-state index contributed by atoms with van der Waals surface area (Å²) >= 11 is 0. The first-order valence-electron chi connectivity index (χ1n) is 10.2. The fourth-order valence-corrected chi connectivity index (χ4v) is 3.71. The van der Waals surface area contributed by atoms with Crippen LogP contribution in [0.15, 0.2) is 42.5 Å². The minimum atomic E-state index is -0.673. The van der Waals surface area contributed by atoms with Crippen LogP contribution in [0.4, 0.5) is 11.4 Å². The van der Waals surface area contributed by atoms with Crippen LogP contribution in [0.2, 0.25) is 0 Å². The van der Waals surface area contributed by atoms with Gasteiger partial charge >= 0.3 is 5.97 Å². The van der Waals surface area contributed by atoms with Crippen molar-refractivity contribution < 1.29 is 28.7 Å². The lowest BCUT2D eigenvalue weighted by molar-refractivity contribution is -0.120. The van der Waals surface area contributed by atoms with E-state index in [9.17, 15) is 24.0 Å². The van der Waals surface area contributed by atoms with Crippen molar-refractivity contribution in [2.75, 3.05) is 30.4 Å². The minimum absolute atomic E-state index is 0.0625. The van der Waals surface area contributed by atoms with Gasteiger partial charge in [-0.15, -0.1) is 0 Å². The zero-order valence-corrected chi connectivity index (χ0v) is 17.4. The third-order valence-electron chi connectivity index (χ3n) is 5.45. The van der Waals surface area contributed by atoms with Crippen LogP contribution >= 0.6 is 0 Å². The lowest BCUT2D eigenvalue weighted by atomic mass is 10.1. The number of rotatable bonds is 5. The van der Waals surface area contributed by atoms with Gasteiger partial charge in [0, 0.05) is 31.4 Å². The molecular weight excluding hydrogens is 414 g/mol. The molecule has 0 aromatic heterocycles. The summed E-state index contributed by atoms with van der Waals surface area (Å²) in [5.41, 5.74) is 1.78. The normalized spacial score (nSPS) is 15.6. The number of imide groups is 1. The molecule has 1 saturated heterocycles. The van der Waals surface area contributed by atoms with Crippen LogP contribution in [0.25, 0.3) is 0 Å². The van der Waals surface area contributed by atoms with Gasteiger partial charge < -0.3 is 15.0 Å². The van der Waals surface area contributed by atoms with E-state index in [1.165, 1.54) is 25.2 Å². The molecule has 0 radical (unpaired) electrons. The first kappa shape index (κ1) is 21.2. The summed E-state index contributed by atoms with van der Waals surface area (Å²) in [4.78, 5) is 63.1. The van der Waals surface area contributed by atoms with Gasteiger partial charge in [0.1, 0.15) is 0 Å². The maximum absolute atomic E-state index is 12.3. The summed E-state index contributed by atoms with van der Waals surface area (Å²) in [6, 6.07) is 10.9. The SMILES string of the molecule is CN1C(=O)c2ccc(NC(=O)COC(=O)c3ccc(N4CCCCC4=O)cc3)cc2C1=O. The molecule has 4 amide bonds. The Bertz CT molecular complexity index is 1130. The van der Waals surface area contributed by atoms with Gasteiger partial charge in [0.15, 0.2) is 6.61 Å². The Hall–Kier alpha value is -4.01. The molecule has 0 saturated carbocycles. The van der Waals surface area contributed by atoms with E-state index in [1.807, 2.05) is 0 Å². The largest absolute Gasteiger partial charge is 0.452 e. The molecule has 9 nitrogen and oxygen atoms in total. The Morgan fingerprint density at radius 1 is 0.969 bits per heavy atom. The lowest BCUT2D eigenvalue weighted by Gasteiger charge is -2.26. The first-order chi connectivity index (χ1) is 15.3. The number of anilines is 2. The number of carbonyl (C=O) groups is 5. The summed E-state index contributed by atoms with van der Waals surface area (Å²) in [7, 11) is 1.39. The summed E-state index contributed by atoms with van der Waals surface area (Å²) in [6.45, 7) is 0.136. The molecule has 2 heterocycles. The van der Waals surface area contributed by atoms with Crippen molar-refractivity contribution in [3.8, 4) is 0 Å². The molecule has 0 atom stereocenters. The molecule has 0 spiro atoms. The average molecular weight is 435 g/mol. The first-order valence-corrected chi connectivity index (χ1v) is 10.2. The summed E-state index contributed by atoms with van der Waals surface area (Å²) in [6.07, 6.45) is 2.35. The molecule has 2 aromatic carbocycles. The molecule has 2 aliphatic rings. The van der Waals surface area contributed by atoms with Crippen molar-refractivity contribution in [3.05, 3.63) is 59.2 Å². The standard InChI is InChI=1S/C23H21N3O6/c1-25-21(29)17-10-7-15(12-18(17)22(25)30)24-19(27)13-32-23(31)14-5-8-16(9-6-14)26-11-3-2-4-20(26)28/h5-10,12H,2-4,11,13H2,1H3,(H,24,27). The van der Waals surface area contributed by atoms with Gasteiger partial charge in [-0.1, -0.05) is 0 Å². The van der Waals surface area contributed by atoms with Gasteiger partial charge in [0.05, 0.1) is 16.7 Å². The highest BCUT2D eigenvalue weighted by molar-refractivity contribution is 6.21. The van der Waals surface area contributed by atoms with E-state index in [2.05, 4.69) is 5.32 Å². The second-order valence-corrected chi connectivity index (χ2v) is 7.60. The molecule has 1 N–H and O–H groups in total. The van der Waals surface area contributed by atoms with E-state index in [1.54, 1.807) is 29.2 Å². The van der Waals surface area contributed by atoms with Crippen molar-refractivity contribution in [3.63, 3.8) is 0 Å². The van der Waals surface area contributed by atoms with Gasteiger partial charge in [-0.05, 0) is 55.3 Å². The number of fused-ring (bicyclic) bond motifs is 1. The molecule has 0 aliphatic carbocycles. The molecule has 1 fully saturated rings. The number of nitrogens with zero attached hydrogens (tertiary/aromatic N) is 2. The quantitative estimate of drug-likeness (QED) is 0.569. The highest BCUT2D eigenvalue weighted by Crippen LogP contribution is 2.25. The number of hydrogen-bond donors (Lipinski definition) is 1. The van der Waals surface area contributed by atoms with Crippen LogP contribution in [0, 0.1) is 0 Å². The van der Waals surface area contributed by atoms with E-state index in [0.717, 1.165) is 23.4 Å². The van der Waals surface area contributed by atoms with Crippen LogP contribution in [-0.4, -0.2) is 54.7 Å². The fraction of sp³-hybridized carbons (Fsp3) is 0.261. The van der Waals surface area contributed by atoms with Gasteiger partial charge in [0.2, 0.25) is 5.91 Å². The second-order valence-electron chi connectivity index (χ2n) is 7.60. The summed E-state index contributed by atoms with van der Waals surface area (Å²) in [5.74, 6) is -2.03. The molecule has 9 heteroatoms. The van der Waals surface area contributed by atoms with E-state index in [4.69, 9.17) is 4.74 Å². The molecule has 0 unspecified atom stereocenters. The Morgan fingerprint density at radius 2 is 1.69 bits per heavy atom. The van der Waals surface area contributed by atoms with Gasteiger partial charge in [-0.3, -0.25) is 24.1 Å². The van der Waals surface area contributed by atoms with Crippen molar-refractivity contribution in [2.24, 2.45) is 0 Å². The third kappa shape index (κ3) is 4.09. The van der Waals surface area contributed by atoms with E-state index in [0.29, 0.717) is 18.7 Å². The Balaban J connectivity index is 1.32. The third-order valence-corrected chi connectivity index (χ3v) is 5.45. The topological polar surface area (TPSA) is 113 Å². The predicted molar refractivity (Wildman–Crippen MR) is 114 cm³/mol. The Morgan fingerprint density at radius 3 is 2.41 bits per heavy atom. The molecule has 164 valence electrons. The van der Waals surface area contributed by atoms with Crippen LogP contribution in [0.5, 0.6) is 0 Å². The Kier molecular flexibility index (Phi) is 5.72. The molecule has 32 heavy (non-hydrogen) atoms. The van der Waals surface area contributed by atoms with Crippen molar-refractivity contribution >= 4 is 41.0 Å². The van der Waals surface area contributed by atoms with Gasteiger partial charge in [0.25, 0.3) is 17.7 Å². The Labute approximate surface area is 183 Å². The molecule has 4 rings (SSSR count). The fourth-order valence-electron chi connectivity index (χ4n) is 3.71. The van der Waals surface area contributed by atoms with Crippen molar-refractivity contribution in [1.29, 1.82) is 0 Å². The summed E-state index contributed by atoms with van der Waals surface area (Å²) in [5, 5.41) is 2.54. The number of nitrogens with one attached hydrogen (secondary N) is 1. The van der Waals surface area contributed by atoms with Crippen molar-refractivity contribution in [1.82, 2.24) is 4.90 Å². The molecular formula is C23H21N3O6. The monoisotopic (exact) mass is 435 g/mol.